The van der Waals surface area contributed by atoms with Gasteiger partial charge in [-0.15, -0.1) is 34.0 Å². The van der Waals surface area contributed by atoms with Gasteiger partial charge in [0.25, 0.3) is 0 Å². The first-order chi connectivity index (χ1) is 24.5. The lowest BCUT2D eigenvalue weighted by atomic mass is 10.1. The number of benzene rings is 2. The lowest BCUT2D eigenvalue weighted by molar-refractivity contribution is 0.0384. The molecule has 0 spiro atoms. The average Bonchev–Trinajstić information content (AvgIpc) is 3.89. The maximum absolute atomic E-state index is 12.1. The van der Waals surface area contributed by atoms with Crippen molar-refractivity contribution >= 4 is 53.7 Å². The fourth-order valence-corrected chi connectivity index (χ4v) is 11.4. The van der Waals surface area contributed by atoms with E-state index in [1.807, 2.05) is 35.6 Å². The smallest absolute Gasteiger partial charge is 0.175 e. The number of nitrogens with zero attached hydrogens (tertiary/aromatic N) is 2. The van der Waals surface area contributed by atoms with Crippen LogP contribution >= 0.6 is 34.0 Å². The van der Waals surface area contributed by atoms with Gasteiger partial charge in [0.15, 0.2) is 19.7 Å². The highest BCUT2D eigenvalue weighted by molar-refractivity contribution is 7.91. The third-order valence-corrected chi connectivity index (χ3v) is 15.6. The molecule has 0 amide bonds. The van der Waals surface area contributed by atoms with Crippen molar-refractivity contribution in [3.63, 3.8) is 0 Å². The van der Waals surface area contributed by atoms with Crippen LogP contribution in [0.25, 0.3) is 40.4 Å². The Hall–Kier alpha value is -2.72. The van der Waals surface area contributed by atoms with Gasteiger partial charge in [-0.05, 0) is 83.6 Å². The van der Waals surface area contributed by atoms with Gasteiger partial charge in [-0.2, -0.15) is 0 Å². The van der Waals surface area contributed by atoms with Gasteiger partial charge in [0.1, 0.15) is 0 Å². The van der Waals surface area contributed by atoms with E-state index in [-0.39, 0.29) is 0 Å². The minimum absolute atomic E-state index is 0.324. The van der Waals surface area contributed by atoms with Crippen molar-refractivity contribution < 1.29 is 26.3 Å². The molecule has 2 saturated heterocycles. The van der Waals surface area contributed by atoms with Crippen molar-refractivity contribution in [3.8, 4) is 40.4 Å². The number of hydrogen-bond donors (Lipinski definition) is 0. The molecule has 270 valence electrons. The van der Waals surface area contributed by atoms with Gasteiger partial charge in [-0.3, -0.25) is 9.80 Å². The molecule has 0 radical (unpaired) electrons. The van der Waals surface area contributed by atoms with Crippen LogP contribution in [0, 0.1) is 0 Å². The Labute approximate surface area is 313 Å². The Bertz CT molecular complexity index is 2020. The van der Waals surface area contributed by atoms with E-state index in [0.29, 0.717) is 9.79 Å². The topological polar surface area (TPSA) is 93.2 Å². The second-order valence-corrected chi connectivity index (χ2v) is 20.3. The summed E-state index contributed by atoms with van der Waals surface area (Å²) in [5.41, 5.74) is 4.62. The standard InChI is InChI=1S/C38H42N2O6S5/c1-50(41,42)31-7-3-27(4-8-31)35-25-29(13-15-39-17-21-45-22-18-39)37(48-35)33-11-12-34(47-33)38-30(14-16-40-19-23-46-24-20-40)26-36(49-38)28-5-9-32(10-6-28)51(2,43)44/h3-12,25-26H,13-24H2,1-2H3. The quantitative estimate of drug-likeness (QED) is 0.133. The van der Waals surface area contributed by atoms with Gasteiger partial charge in [-0.1, -0.05) is 24.3 Å². The number of thiophene rings is 3. The third kappa shape index (κ3) is 8.91. The number of hydrogen-bond acceptors (Lipinski definition) is 11. The summed E-state index contributed by atoms with van der Waals surface area (Å²) >= 11 is 5.35. The van der Waals surface area contributed by atoms with Crippen LogP contribution in [0.5, 0.6) is 0 Å². The summed E-state index contributed by atoms with van der Waals surface area (Å²) in [4.78, 5) is 12.8. The van der Waals surface area contributed by atoms with E-state index in [0.717, 1.165) is 99.4 Å². The van der Waals surface area contributed by atoms with Crippen molar-refractivity contribution in [2.75, 3.05) is 78.2 Å². The maximum atomic E-state index is 12.1. The van der Waals surface area contributed by atoms with Crippen LogP contribution < -0.4 is 0 Å². The summed E-state index contributed by atoms with van der Waals surface area (Å²) in [5, 5.41) is 0. The molecular weight excluding hydrogens is 741 g/mol. The molecule has 8 nitrogen and oxygen atoms in total. The summed E-state index contributed by atoms with van der Waals surface area (Å²) in [6.07, 6.45) is 4.31. The predicted molar refractivity (Wildman–Crippen MR) is 210 cm³/mol. The zero-order chi connectivity index (χ0) is 35.6. The normalized spacial score (nSPS) is 16.5. The molecule has 2 aliphatic rings. The maximum Gasteiger partial charge on any atom is 0.175 e. The van der Waals surface area contributed by atoms with Crippen LogP contribution in [0.3, 0.4) is 0 Å². The van der Waals surface area contributed by atoms with Crippen LogP contribution in [0.1, 0.15) is 11.1 Å². The Morgan fingerprint density at radius 1 is 0.529 bits per heavy atom. The van der Waals surface area contributed by atoms with E-state index in [4.69, 9.17) is 9.47 Å². The third-order valence-electron chi connectivity index (χ3n) is 9.41. The molecule has 0 bridgehead atoms. The fourth-order valence-electron chi connectivity index (χ4n) is 6.45. The van der Waals surface area contributed by atoms with Crippen LogP contribution in [0.2, 0.25) is 0 Å². The monoisotopic (exact) mass is 782 g/mol. The Balaban J connectivity index is 1.22. The summed E-state index contributed by atoms with van der Waals surface area (Å²) in [5.74, 6) is 0. The first-order valence-electron chi connectivity index (χ1n) is 17.1. The lowest BCUT2D eigenvalue weighted by Crippen LogP contribution is -2.37. The van der Waals surface area contributed by atoms with Gasteiger partial charge in [0.05, 0.1) is 36.2 Å². The van der Waals surface area contributed by atoms with Crippen molar-refractivity contribution in [2.45, 2.75) is 22.6 Å². The number of sulfone groups is 2. The molecule has 7 rings (SSSR count). The van der Waals surface area contributed by atoms with E-state index in [1.54, 1.807) is 46.9 Å². The highest BCUT2D eigenvalue weighted by atomic mass is 32.2. The number of rotatable bonds is 12. The molecule has 3 aromatic heterocycles. The van der Waals surface area contributed by atoms with Crippen molar-refractivity contribution in [1.82, 2.24) is 9.80 Å². The summed E-state index contributed by atoms with van der Waals surface area (Å²) in [6.45, 7) is 8.72. The van der Waals surface area contributed by atoms with Crippen LogP contribution in [-0.2, 0) is 42.0 Å². The molecule has 2 aliphatic heterocycles. The molecule has 13 heteroatoms. The Kier molecular flexibility index (Phi) is 11.3. The molecule has 0 aliphatic carbocycles. The van der Waals surface area contributed by atoms with Crippen LogP contribution in [-0.4, -0.2) is 105 Å². The summed E-state index contributed by atoms with van der Waals surface area (Å²) < 4.78 is 59.6. The van der Waals surface area contributed by atoms with E-state index in [1.165, 1.54) is 43.1 Å². The molecule has 5 heterocycles. The van der Waals surface area contributed by atoms with Gasteiger partial charge in [0.2, 0.25) is 0 Å². The second kappa shape index (κ2) is 15.7. The summed E-state index contributed by atoms with van der Waals surface area (Å²) in [7, 11) is -6.55. The molecule has 51 heavy (non-hydrogen) atoms. The Morgan fingerprint density at radius 2 is 0.902 bits per heavy atom. The minimum Gasteiger partial charge on any atom is -0.379 e. The molecule has 0 saturated carbocycles. The number of morpholine rings is 2. The molecule has 2 aromatic carbocycles. The first-order valence-corrected chi connectivity index (χ1v) is 23.3. The van der Waals surface area contributed by atoms with E-state index in [2.05, 4.69) is 34.1 Å². The van der Waals surface area contributed by atoms with Gasteiger partial charge < -0.3 is 9.47 Å². The molecular formula is C38H42N2O6S5. The van der Waals surface area contributed by atoms with Gasteiger partial charge >= 0.3 is 0 Å². The van der Waals surface area contributed by atoms with E-state index < -0.39 is 19.7 Å². The van der Waals surface area contributed by atoms with Crippen LogP contribution in [0.15, 0.2) is 82.6 Å². The molecule has 0 atom stereocenters. The van der Waals surface area contributed by atoms with Gasteiger partial charge in [-0.25, -0.2) is 16.8 Å². The SMILES string of the molecule is CS(=O)(=O)c1ccc(-c2cc(CCN3CCOCC3)c(-c3ccc(-c4sc(-c5ccc(S(C)(=O)=O)cc5)cc4CCN4CCOCC4)s3)s2)cc1. The minimum atomic E-state index is -3.27. The van der Waals surface area contributed by atoms with Crippen molar-refractivity contribution in [1.29, 1.82) is 0 Å². The van der Waals surface area contributed by atoms with Gasteiger partial charge in [0, 0.05) is 81.0 Å². The van der Waals surface area contributed by atoms with E-state index >= 15 is 0 Å². The zero-order valence-corrected chi connectivity index (χ0v) is 32.9. The summed E-state index contributed by atoms with van der Waals surface area (Å²) in [6, 6.07) is 23.5. The molecule has 0 unspecified atom stereocenters. The zero-order valence-electron chi connectivity index (χ0n) is 28.8. The van der Waals surface area contributed by atoms with Crippen molar-refractivity contribution in [3.05, 3.63) is 83.9 Å². The molecule has 0 N–H and O–H groups in total. The van der Waals surface area contributed by atoms with Crippen LogP contribution in [0.4, 0.5) is 0 Å². The molecule has 5 aromatic rings. The lowest BCUT2D eigenvalue weighted by Gasteiger charge is -2.26. The van der Waals surface area contributed by atoms with E-state index in [9.17, 15) is 16.8 Å². The average molecular weight is 783 g/mol. The highest BCUT2D eigenvalue weighted by Crippen LogP contribution is 2.47. The predicted octanol–water partition coefficient (Wildman–Crippen LogP) is 7.10. The second-order valence-electron chi connectivity index (χ2n) is 13.1. The van der Waals surface area contributed by atoms with Crippen molar-refractivity contribution in [2.24, 2.45) is 0 Å². The first kappa shape index (κ1) is 36.6. The largest absolute Gasteiger partial charge is 0.379 e. The highest BCUT2D eigenvalue weighted by Gasteiger charge is 2.21. The fraction of sp³-hybridized carbons (Fsp3) is 0.368. The Morgan fingerprint density at radius 3 is 1.25 bits per heavy atom. The molecule has 2 fully saturated rings. The number of ether oxygens (including phenoxy) is 2.